The molecule has 6 heteroatoms. The standard InChI is InChI=1S/C10H14N4OS/c1-6(2)12-9-13-7(15)10(3,14-9)8-11-4-5-16-8/h4-6H,1-3H3,(H2,12,13,14,15). The molecule has 5 nitrogen and oxygen atoms in total. The molecule has 1 saturated heterocycles. The molecule has 0 saturated carbocycles. The molecule has 0 radical (unpaired) electrons. The van der Waals surface area contributed by atoms with Crippen LogP contribution in [-0.4, -0.2) is 22.9 Å². The van der Waals surface area contributed by atoms with Gasteiger partial charge in [-0.3, -0.25) is 15.1 Å². The molecule has 1 aromatic heterocycles. The largest absolute Gasteiger partial charge is 0.336 e. The van der Waals surface area contributed by atoms with Crippen molar-refractivity contribution in [2.75, 3.05) is 0 Å². The normalized spacial score (nSPS) is 27.2. The number of aromatic nitrogens is 1. The third kappa shape index (κ3) is 1.80. The average molecular weight is 238 g/mol. The van der Waals surface area contributed by atoms with Gasteiger partial charge in [0.25, 0.3) is 5.91 Å². The van der Waals surface area contributed by atoms with Crippen LogP contribution < -0.4 is 10.6 Å². The first-order chi connectivity index (χ1) is 7.52. The molecule has 1 unspecified atom stereocenters. The summed E-state index contributed by atoms with van der Waals surface area (Å²) < 4.78 is 0. The van der Waals surface area contributed by atoms with Gasteiger partial charge in [-0.1, -0.05) is 0 Å². The van der Waals surface area contributed by atoms with Gasteiger partial charge in [-0.05, 0) is 20.8 Å². The number of hydrogen-bond acceptors (Lipinski definition) is 4. The highest BCUT2D eigenvalue weighted by atomic mass is 32.1. The molecule has 1 aliphatic heterocycles. The van der Waals surface area contributed by atoms with E-state index in [0.29, 0.717) is 5.96 Å². The Hall–Kier alpha value is -1.43. The SMILES string of the molecule is CC(C)N=C1NC(=O)C(C)(c2nccs2)N1. The highest BCUT2D eigenvalue weighted by Crippen LogP contribution is 2.25. The van der Waals surface area contributed by atoms with Crippen LogP contribution >= 0.6 is 11.3 Å². The van der Waals surface area contributed by atoms with Crippen LogP contribution in [0, 0.1) is 0 Å². The first-order valence-corrected chi connectivity index (χ1v) is 5.98. The van der Waals surface area contributed by atoms with Crippen molar-refractivity contribution < 1.29 is 4.79 Å². The molecular weight excluding hydrogens is 224 g/mol. The maximum Gasteiger partial charge on any atom is 0.259 e. The Labute approximate surface area is 98.0 Å². The smallest absolute Gasteiger partial charge is 0.259 e. The van der Waals surface area contributed by atoms with Crippen molar-refractivity contribution in [1.29, 1.82) is 0 Å². The number of carbonyl (C=O) groups excluding carboxylic acids is 1. The number of nitrogens with one attached hydrogen (secondary N) is 2. The van der Waals surface area contributed by atoms with Crippen LogP contribution in [0.1, 0.15) is 25.8 Å². The summed E-state index contributed by atoms with van der Waals surface area (Å²) in [6, 6.07) is 0.140. The molecule has 2 N–H and O–H groups in total. The number of amides is 1. The predicted molar refractivity (Wildman–Crippen MR) is 63.3 cm³/mol. The van der Waals surface area contributed by atoms with E-state index in [9.17, 15) is 4.79 Å². The van der Waals surface area contributed by atoms with Crippen molar-refractivity contribution in [2.45, 2.75) is 32.4 Å². The Kier molecular flexibility index (Phi) is 2.67. The molecule has 0 aliphatic carbocycles. The van der Waals surface area contributed by atoms with Gasteiger partial charge in [0.05, 0.1) is 0 Å². The minimum absolute atomic E-state index is 0.109. The van der Waals surface area contributed by atoms with Crippen molar-refractivity contribution in [1.82, 2.24) is 15.6 Å². The van der Waals surface area contributed by atoms with Crippen LogP contribution in [0.25, 0.3) is 0 Å². The molecule has 86 valence electrons. The number of guanidine groups is 1. The third-order valence-corrected chi connectivity index (χ3v) is 3.30. The second-order valence-electron chi connectivity index (χ2n) is 4.11. The van der Waals surface area contributed by atoms with E-state index in [-0.39, 0.29) is 11.9 Å². The van der Waals surface area contributed by atoms with Crippen molar-refractivity contribution >= 4 is 23.2 Å². The summed E-state index contributed by atoms with van der Waals surface area (Å²) in [6.07, 6.45) is 1.69. The molecule has 1 aliphatic rings. The topological polar surface area (TPSA) is 66.4 Å². The van der Waals surface area contributed by atoms with Crippen LogP contribution in [0.5, 0.6) is 0 Å². The van der Waals surface area contributed by atoms with E-state index in [0.717, 1.165) is 5.01 Å². The molecule has 2 rings (SSSR count). The van der Waals surface area contributed by atoms with Crippen LogP contribution in [0.2, 0.25) is 0 Å². The number of thiazole rings is 1. The summed E-state index contributed by atoms with van der Waals surface area (Å²) in [6.45, 7) is 5.73. The van der Waals surface area contributed by atoms with E-state index in [2.05, 4.69) is 20.6 Å². The quantitative estimate of drug-likeness (QED) is 0.802. The lowest BCUT2D eigenvalue weighted by molar-refractivity contribution is -0.123. The highest BCUT2D eigenvalue weighted by molar-refractivity contribution is 7.09. The Bertz CT molecular complexity index is 426. The van der Waals surface area contributed by atoms with E-state index in [1.807, 2.05) is 26.2 Å². The van der Waals surface area contributed by atoms with Crippen molar-refractivity contribution in [3.63, 3.8) is 0 Å². The first kappa shape index (κ1) is 11.1. The van der Waals surface area contributed by atoms with Gasteiger partial charge in [0, 0.05) is 17.6 Å². The van der Waals surface area contributed by atoms with Gasteiger partial charge in [0.15, 0.2) is 11.5 Å². The lowest BCUT2D eigenvalue weighted by atomic mass is 10.1. The van der Waals surface area contributed by atoms with Gasteiger partial charge in [0.1, 0.15) is 5.01 Å². The monoisotopic (exact) mass is 238 g/mol. The van der Waals surface area contributed by atoms with Gasteiger partial charge < -0.3 is 5.32 Å². The fourth-order valence-electron chi connectivity index (χ4n) is 1.50. The second kappa shape index (κ2) is 3.86. The van der Waals surface area contributed by atoms with Crippen molar-refractivity contribution in [3.8, 4) is 0 Å². The Balaban J connectivity index is 2.29. The molecular formula is C10H14N4OS. The minimum Gasteiger partial charge on any atom is -0.336 e. The number of nitrogens with zero attached hydrogens (tertiary/aromatic N) is 2. The molecule has 2 heterocycles. The Morgan fingerprint density at radius 1 is 1.56 bits per heavy atom. The van der Waals surface area contributed by atoms with E-state index >= 15 is 0 Å². The van der Waals surface area contributed by atoms with E-state index in [1.165, 1.54) is 11.3 Å². The Morgan fingerprint density at radius 2 is 2.31 bits per heavy atom. The number of hydrogen-bond donors (Lipinski definition) is 2. The molecule has 1 atom stereocenters. The first-order valence-electron chi connectivity index (χ1n) is 5.10. The van der Waals surface area contributed by atoms with Gasteiger partial charge in [0.2, 0.25) is 0 Å². The molecule has 1 aromatic rings. The summed E-state index contributed by atoms with van der Waals surface area (Å²) in [5.74, 6) is 0.416. The third-order valence-electron chi connectivity index (χ3n) is 2.30. The van der Waals surface area contributed by atoms with Gasteiger partial charge in [-0.25, -0.2) is 4.98 Å². The zero-order valence-corrected chi connectivity index (χ0v) is 10.3. The van der Waals surface area contributed by atoms with Crippen molar-refractivity contribution in [2.24, 2.45) is 4.99 Å². The van der Waals surface area contributed by atoms with Crippen LogP contribution in [0.4, 0.5) is 0 Å². The minimum atomic E-state index is -0.790. The van der Waals surface area contributed by atoms with Crippen molar-refractivity contribution in [3.05, 3.63) is 16.6 Å². The average Bonchev–Trinajstić information content (AvgIpc) is 2.75. The van der Waals surface area contributed by atoms with Crippen LogP contribution in [0.15, 0.2) is 16.6 Å². The highest BCUT2D eigenvalue weighted by Gasteiger charge is 2.44. The van der Waals surface area contributed by atoms with Crippen LogP contribution in [-0.2, 0) is 10.3 Å². The van der Waals surface area contributed by atoms with Crippen LogP contribution in [0.3, 0.4) is 0 Å². The summed E-state index contributed by atoms with van der Waals surface area (Å²) in [5.41, 5.74) is -0.790. The van der Waals surface area contributed by atoms with Gasteiger partial charge >= 0.3 is 0 Å². The molecule has 0 aromatic carbocycles. The van der Waals surface area contributed by atoms with E-state index < -0.39 is 5.54 Å². The maximum atomic E-state index is 11.9. The lowest BCUT2D eigenvalue weighted by Crippen LogP contribution is -2.40. The number of aliphatic imine (C=N–C) groups is 1. The summed E-state index contributed by atoms with van der Waals surface area (Å²) >= 11 is 1.45. The fourth-order valence-corrected chi connectivity index (χ4v) is 2.25. The zero-order chi connectivity index (χ0) is 11.8. The lowest BCUT2D eigenvalue weighted by Gasteiger charge is -2.17. The molecule has 0 bridgehead atoms. The molecule has 1 fully saturated rings. The zero-order valence-electron chi connectivity index (χ0n) is 9.44. The second-order valence-corrected chi connectivity index (χ2v) is 5.01. The maximum absolute atomic E-state index is 11.9. The number of rotatable bonds is 2. The summed E-state index contributed by atoms with van der Waals surface area (Å²) in [5, 5.41) is 8.42. The van der Waals surface area contributed by atoms with E-state index in [1.54, 1.807) is 6.20 Å². The summed E-state index contributed by atoms with van der Waals surface area (Å²) in [4.78, 5) is 20.4. The van der Waals surface area contributed by atoms with E-state index in [4.69, 9.17) is 0 Å². The molecule has 0 spiro atoms. The van der Waals surface area contributed by atoms with Gasteiger partial charge in [-0.2, -0.15) is 0 Å². The predicted octanol–water partition coefficient (Wildman–Crippen LogP) is 0.842. The summed E-state index contributed by atoms with van der Waals surface area (Å²) in [7, 11) is 0. The van der Waals surface area contributed by atoms with Gasteiger partial charge in [-0.15, -0.1) is 11.3 Å². The molecule has 1 amide bonds. The number of carbonyl (C=O) groups is 1. The fraction of sp³-hybridized carbons (Fsp3) is 0.500. The Morgan fingerprint density at radius 3 is 2.88 bits per heavy atom. The molecule has 16 heavy (non-hydrogen) atoms.